The fourth-order valence-electron chi connectivity index (χ4n) is 1.33. The number of nitrogens with zero attached hydrogens (tertiary/aromatic N) is 3. The topological polar surface area (TPSA) is 56.8 Å². The summed E-state index contributed by atoms with van der Waals surface area (Å²) >= 11 is 5.03. The van der Waals surface area contributed by atoms with Crippen molar-refractivity contribution >= 4 is 24.1 Å². The van der Waals surface area contributed by atoms with E-state index < -0.39 is 0 Å². The average Bonchev–Trinajstić information content (AvgIpc) is 2.28. The summed E-state index contributed by atoms with van der Waals surface area (Å²) in [7, 11) is 0. The first-order chi connectivity index (χ1) is 8.21. The van der Waals surface area contributed by atoms with Crippen molar-refractivity contribution in [3.05, 3.63) is 30.1 Å². The van der Waals surface area contributed by atoms with Crippen molar-refractivity contribution in [1.29, 1.82) is 0 Å². The van der Waals surface area contributed by atoms with Crippen molar-refractivity contribution in [1.82, 2.24) is 15.0 Å². The molecule has 0 aliphatic rings. The predicted octanol–water partition coefficient (Wildman–Crippen LogP) is 2.14. The number of hydrogen-bond acceptors (Lipinski definition) is 5. The Morgan fingerprint density at radius 3 is 2.53 bits per heavy atom. The quantitative estimate of drug-likeness (QED) is 0.574. The van der Waals surface area contributed by atoms with E-state index in [4.69, 9.17) is 12.2 Å². The molecule has 0 atom stereocenters. The largest absolute Gasteiger partial charge is 0.356 e. The van der Waals surface area contributed by atoms with Gasteiger partial charge >= 0.3 is 0 Å². The summed E-state index contributed by atoms with van der Waals surface area (Å²) in [6.07, 6.45) is 3.60. The zero-order valence-corrected chi connectivity index (χ0v) is 10.8. The first kappa shape index (κ1) is 13.4. The summed E-state index contributed by atoms with van der Waals surface area (Å²) in [5.41, 5.74) is 0. The molecule has 0 amide bonds. The lowest BCUT2D eigenvalue weighted by atomic mass is 10.5. The smallest absolute Gasteiger partial charge is 0.225 e. The fraction of sp³-hybridized carbons (Fsp3) is 0.364. The summed E-state index contributed by atoms with van der Waals surface area (Å²) in [6, 6.07) is 0. The first-order valence-electron chi connectivity index (χ1n) is 5.40. The summed E-state index contributed by atoms with van der Waals surface area (Å²) < 4.78 is 0.313. The van der Waals surface area contributed by atoms with E-state index in [0.717, 1.165) is 6.54 Å². The zero-order valence-electron chi connectivity index (χ0n) is 9.94. The summed E-state index contributed by atoms with van der Waals surface area (Å²) in [6.45, 7) is 11.5. The molecule has 1 heterocycles. The molecule has 0 aliphatic heterocycles. The van der Waals surface area contributed by atoms with Crippen LogP contribution >= 0.6 is 12.2 Å². The molecule has 17 heavy (non-hydrogen) atoms. The van der Waals surface area contributed by atoms with Crippen molar-refractivity contribution in [3.8, 4) is 0 Å². The molecule has 1 aromatic heterocycles. The van der Waals surface area contributed by atoms with Gasteiger partial charge in [-0.1, -0.05) is 12.2 Å². The second kappa shape index (κ2) is 6.80. The summed E-state index contributed by atoms with van der Waals surface area (Å²) in [5, 5.41) is 3.08. The second-order valence-corrected chi connectivity index (χ2v) is 3.68. The average molecular weight is 251 g/mol. The maximum absolute atomic E-state index is 5.03. The molecule has 92 valence electrons. The normalized spacial score (nSPS) is 9.71. The van der Waals surface area contributed by atoms with Gasteiger partial charge in [0.1, 0.15) is 0 Å². The van der Waals surface area contributed by atoms with Crippen LogP contribution in [0, 0.1) is 4.77 Å². The number of hydrogen-bond donors (Lipinski definition) is 2. The molecule has 5 nitrogen and oxygen atoms in total. The Kier molecular flexibility index (Phi) is 5.35. The molecule has 0 aliphatic carbocycles. The Labute approximate surface area is 106 Å². The number of anilines is 2. The van der Waals surface area contributed by atoms with Crippen LogP contribution in [0.4, 0.5) is 11.9 Å². The molecule has 0 saturated heterocycles. The Morgan fingerprint density at radius 1 is 1.35 bits per heavy atom. The van der Waals surface area contributed by atoms with Gasteiger partial charge in [-0.2, -0.15) is 9.97 Å². The van der Waals surface area contributed by atoms with E-state index in [-0.39, 0.29) is 0 Å². The molecule has 0 spiro atoms. The molecule has 6 heteroatoms. The molecule has 1 aromatic rings. The Bertz CT molecular complexity index is 430. The number of nitrogens with one attached hydrogen (secondary N) is 2. The maximum Gasteiger partial charge on any atom is 0.225 e. The monoisotopic (exact) mass is 251 g/mol. The van der Waals surface area contributed by atoms with E-state index >= 15 is 0 Å². The summed E-state index contributed by atoms with van der Waals surface area (Å²) in [4.78, 5) is 13.3. The van der Waals surface area contributed by atoms with Crippen molar-refractivity contribution in [2.75, 3.05) is 29.9 Å². The molecule has 0 saturated carbocycles. The third kappa shape index (κ3) is 3.99. The lowest BCUT2D eigenvalue weighted by Gasteiger charge is -2.20. The van der Waals surface area contributed by atoms with Gasteiger partial charge in [-0.25, -0.2) is 0 Å². The fourth-order valence-corrected chi connectivity index (χ4v) is 1.51. The van der Waals surface area contributed by atoms with Crippen molar-refractivity contribution in [2.45, 2.75) is 6.92 Å². The SMILES string of the molecule is C=CCN(CC=C)c1nc(=S)nc(NCC)[nH]1. The molecule has 0 radical (unpaired) electrons. The number of aromatic amines is 1. The second-order valence-electron chi connectivity index (χ2n) is 3.32. The zero-order chi connectivity index (χ0) is 12.7. The minimum atomic E-state index is 0.313. The first-order valence-corrected chi connectivity index (χ1v) is 5.81. The minimum Gasteiger partial charge on any atom is -0.356 e. The number of rotatable bonds is 7. The molecule has 0 aromatic carbocycles. The van der Waals surface area contributed by atoms with Gasteiger partial charge in [-0.3, -0.25) is 4.98 Å². The van der Waals surface area contributed by atoms with E-state index in [0.29, 0.717) is 29.8 Å². The maximum atomic E-state index is 5.03. The van der Waals surface area contributed by atoms with Crippen LogP contribution in [0.1, 0.15) is 6.92 Å². The molecule has 0 fully saturated rings. The number of aromatic nitrogens is 3. The lowest BCUT2D eigenvalue weighted by Crippen LogP contribution is -2.26. The van der Waals surface area contributed by atoms with E-state index in [1.54, 1.807) is 12.2 Å². The van der Waals surface area contributed by atoms with Crippen LogP contribution < -0.4 is 10.2 Å². The standard InChI is InChI=1S/C11H17N5S/c1-4-7-16(8-5-2)10-13-9(12-6-3)14-11(17)15-10/h4-5H,1-2,6-8H2,3H3,(H2,12,13,14,15,17). The van der Waals surface area contributed by atoms with Crippen LogP contribution in [0.2, 0.25) is 0 Å². The molecule has 1 rings (SSSR count). The van der Waals surface area contributed by atoms with Gasteiger partial charge in [-0.05, 0) is 19.1 Å². The van der Waals surface area contributed by atoms with Gasteiger partial charge in [0.2, 0.25) is 16.7 Å². The highest BCUT2D eigenvalue weighted by molar-refractivity contribution is 7.71. The van der Waals surface area contributed by atoms with Gasteiger partial charge in [-0.15, -0.1) is 13.2 Å². The lowest BCUT2D eigenvalue weighted by molar-refractivity contribution is 0.865. The highest BCUT2D eigenvalue weighted by atomic mass is 32.1. The van der Waals surface area contributed by atoms with Crippen molar-refractivity contribution in [2.24, 2.45) is 0 Å². The van der Waals surface area contributed by atoms with E-state index in [1.807, 2.05) is 11.8 Å². The van der Waals surface area contributed by atoms with Gasteiger partial charge in [0.25, 0.3) is 0 Å². The van der Waals surface area contributed by atoms with E-state index in [9.17, 15) is 0 Å². The Hall–Kier alpha value is -1.69. The van der Waals surface area contributed by atoms with Crippen LogP contribution in [-0.2, 0) is 0 Å². The van der Waals surface area contributed by atoms with Crippen LogP contribution in [-0.4, -0.2) is 34.6 Å². The predicted molar refractivity (Wildman–Crippen MR) is 74.0 cm³/mol. The number of H-pyrrole nitrogens is 1. The summed E-state index contributed by atoms with van der Waals surface area (Å²) in [5.74, 6) is 1.29. The Morgan fingerprint density at radius 2 is 2.00 bits per heavy atom. The van der Waals surface area contributed by atoms with Gasteiger partial charge in [0.15, 0.2) is 0 Å². The molecule has 0 bridgehead atoms. The van der Waals surface area contributed by atoms with Gasteiger partial charge < -0.3 is 10.2 Å². The van der Waals surface area contributed by atoms with Crippen LogP contribution in [0.25, 0.3) is 0 Å². The van der Waals surface area contributed by atoms with Crippen LogP contribution in [0.3, 0.4) is 0 Å². The van der Waals surface area contributed by atoms with Crippen molar-refractivity contribution < 1.29 is 0 Å². The van der Waals surface area contributed by atoms with Crippen LogP contribution in [0.15, 0.2) is 25.3 Å². The minimum absolute atomic E-state index is 0.313. The highest BCUT2D eigenvalue weighted by Crippen LogP contribution is 2.09. The van der Waals surface area contributed by atoms with Gasteiger partial charge in [0.05, 0.1) is 0 Å². The third-order valence-electron chi connectivity index (χ3n) is 1.98. The van der Waals surface area contributed by atoms with Crippen LogP contribution in [0.5, 0.6) is 0 Å². The molecule has 0 unspecified atom stereocenters. The van der Waals surface area contributed by atoms with Gasteiger partial charge in [0, 0.05) is 19.6 Å². The molecular weight excluding hydrogens is 234 g/mol. The van der Waals surface area contributed by atoms with E-state index in [2.05, 4.69) is 33.4 Å². The Balaban J connectivity index is 3.04. The van der Waals surface area contributed by atoms with E-state index in [1.165, 1.54) is 0 Å². The third-order valence-corrected chi connectivity index (χ3v) is 2.16. The van der Waals surface area contributed by atoms with Crippen molar-refractivity contribution in [3.63, 3.8) is 0 Å². The molecule has 2 N–H and O–H groups in total. The highest BCUT2D eigenvalue weighted by Gasteiger charge is 2.07. The molecular formula is C11H17N5S.